The summed E-state index contributed by atoms with van der Waals surface area (Å²) in [5.74, 6) is 0.982. The molecule has 0 amide bonds. The van der Waals surface area contributed by atoms with E-state index < -0.39 is 8.15 Å². The van der Waals surface area contributed by atoms with Gasteiger partial charge in [0.25, 0.3) is 0 Å². The Labute approximate surface area is 150 Å². The minimum Gasteiger partial charge on any atom is -0.468 e. The van der Waals surface area contributed by atoms with Crippen LogP contribution in [0.25, 0.3) is 10.8 Å². The molecule has 1 atom stereocenters. The van der Waals surface area contributed by atoms with Crippen LogP contribution in [-0.2, 0) is 0 Å². The standard InChI is InChI=1S/C15H13OPS.C5H13N/c1-17(15-10-5-11-18-15)16-14-9-4-7-12-6-2-3-8-13(12)14;1-4-5-6(2)3/h2-11H,1H3;4-5H2,1-3H3. The maximum atomic E-state index is 6.15. The summed E-state index contributed by atoms with van der Waals surface area (Å²) in [6.45, 7) is 5.54. The first-order chi connectivity index (χ1) is 11.6. The van der Waals surface area contributed by atoms with Gasteiger partial charge in [-0.2, -0.15) is 0 Å². The van der Waals surface area contributed by atoms with E-state index >= 15 is 0 Å². The van der Waals surface area contributed by atoms with E-state index in [4.69, 9.17) is 4.52 Å². The van der Waals surface area contributed by atoms with Crippen LogP contribution in [0.5, 0.6) is 5.75 Å². The summed E-state index contributed by atoms with van der Waals surface area (Å²) >= 11 is 1.76. The molecule has 1 unspecified atom stereocenters. The van der Waals surface area contributed by atoms with Gasteiger partial charge in [-0.15, -0.1) is 11.3 Å². The van der Waals surface area contributed by atoms with Crippen LogP contribution in [0.15, 0.2) is 60.0 Å². The van der Waals surface area contributed by atoms with Gasteiger partial charge in [-0.25, -0.2) is 0 Å². The summed E-state index contributed by atoms with van der Waals surface area (Å²) in [4.78, 5) is 2.18. The molecule has 0 fully saturated rings. The van der Waals surface area contributed by atoms with Gasteiger partial charge in [0.15, 0.2) is 0 Å². The zero-order valence-electron chi connectivity index (χ0n) is 14.9. The molecule has 24 heavy (non-hydrogen) atoms. The molecule has 2 aromatic carbocycles. The lowest BCUT2D eigenvalue weighted by molar-refractivity contribution is 0.408. The largest absolute Gasteiger partial charge is 0.468 e. The molecule has 1 heterocycles. The number of hydrogen-bond donors (Lipinski definition) is 0. The average Bonchev–Trinajstić information content (AvgIpc) is 3.10. The topological polar surface area (TPSA) is 12.5 Å². The highest BCUT2D eigenvalue weighted by molar-refractivity contribution is 7.67. The number of benzene rings is 2. The molecule has 3 rings (SSSR count). The third kappa shape index (κ3) is 5.59. The van der Waals surface area contributed by atoms with Crippen molar-refractivity contribution in [1.29, 1.82) is 0 Å². The quantitative estimate of drug-likeness (QED) is 0.551. The zero-order chi connectivity index (χ0) is 17.4. The zero-order valence-corrected chi connectivity index (χ0v) is 16.6. The first-order valence-electron chi connectivity index (χ1n) is 8.19. The van der Waals surface area contributed by atoms with Crippen molar-refractivity contribution in [1.82, 2.24) is 4.90 Å². The first kappa shape index (κ1) is 18.9. The summed E-state index contributed by atoms with van der Waals surface area (Å²) in [6, 6.07) is 18.8. The number of fused-ring (bicyclic) bond motifs is 1. The van der Waals surface area contributed by atoms with E-state index in [0.717, 1.165) is 5.75 Å². The van der Waals surface area contributed by atoms with Gasteiger partial charge in [-0.05, 0) is 56.6 Å². The van der Waals surface area contributed by atoms with Crippen molar-refractivity contribution >= 4 is 34.9 Å². The van der Waals surface area contributed by atoms with E-state index in [-0.39, 0.29) is 0 Å². The normalized spacial score (nSPS) is 11.9. The fraction of sp³-hybridized carbons (Fsp3) is 0.300. The predicted octanol–water partition coefficient (Wildman–Crippen LogP) is 5.59. The fourth-order valence-corrected chi connectivity index (χ4v) is 4.55. The van der Waals surface area contributed by atoms with Gasteiger partial charge in [0.1, 0.15) is 13.9 Å². The molecule has 0 aliphatic rings. The van der Waals surface area contributed by atoms with Crippen LogP contribution in [0.1, 0.15) is 13.3 Å². The number of hydrogen-bond acceptors (Lipinski definition) is 3. The Balaban J connectivity index is 0.000000301. The molecule has 1 aromatic heterocycles. The Morgan fingerprint density at radius 1 is 1.00 bits per heavy atom. The van der Waals surface area contributed by atoms with Crippen LogP contribution in [0.4, 0.5) is 0 Å². The van der Waals surface area contributed by atoms with Gasteiger partial charge in [0, 0.05) is 5.39 Å². The van der Waals surface area contributed by atoms with Crippen LogP contribution in [-0.4, -0.2) is 32.2 Å². The van der Waals surface area contributed by atoms with E-state index in [9.17, 15) is 0 Å². The molecule has 3 aromatic rings. The van der Waals surface area contributed by atoms with Crippen molar-refractivity contribution in [3.05, 3.63) is 60.0 Å². The van der Waals surface area contributed by atoms with E-state index in [1.807, 2.05) is 0 Å². The van der Waals surface area contributed by atoms with Gasteiger partial charge < -0.3 is 9.42 Å². The first-order valence-corrected chi connectivity index (χ1v) is 10.8. The lowest BCUT2D eigenvalue weighted by atomic mass is 10.1. The molecule has 0 spiro atoms. The molecule has 2 nitrogen and oxygen atoms in total. The molecule has 0 saturated heterocycles. The number of thiophene rings is 1. The second-order valence-corrected chi connectivity index (χ2v) is 8.73. The summed E-state index contributed by atoms with van der Waals surface area (Å²) < 4.78 is 7.46. The molecule has 4 heteroatoms. The Morgan fingerprint density at radius 3 is 2.38 bits per heavy atom. The summed E-state index contributed by atoms with van der Waals surface area (Å²) in [6.07, 6.45) is 1.26. The molecular formula is C20H26NOPS. The van der Waals surface area contributed by atoms with Gasteiger partial charge in [0.05, 0.1) is 4.62 Å². The lowest BCUT2D eigenvalue weighted by Crippen LogP contribution is -2.11. The van der Waals surface area contributed by atoms with Gasteiger partial charge >= 0.3 is 0 Å². The van der Waals surface area contributed by atoms with E-state index in [1.165, 1.54) is 28.4 Å². The molecule has 128 valence electrons. The highest BCUT2D eigenvalue weighted by Gasteiger charge is 2.10. The molecule has 0 bridgehead atoms. The van der Waals surface area contributed by atoms with Crippen molar-refractivity contribution in [2.45, 2.75) is 13.3 Å². The predicted molar refractivity (Wildman–Crippen MR) is 110 cm³/mol. The third-order valence-electron chi connectivity index (χ3n) is 3.47. The number of nitrogens with zero attached hydrogens (tertiary/aromatic N) is 1. The second-order valence-electron chi connectivity index (χ2n) is 5.82. The van der Waals surface area contributed by atoms with E-state index in [0.29, 0.717) is 0 Å². The molecular weight excluding hydrogens is 333 g/mol. The van der Waals surface area contributed by atoms with Crippen LogP contribution in [0, 0.1) is 0 Å². The smallest absolute Gasteiger partial charge is 0.131 e. The highest BCUT2D eigenvalue weighted by Crippen LogP contribution is 2.38. The molecule has 0 aliphatic carbocycles. The molecule has 0 N–H and O–H groups in total. The summed E-state index contributed by atoms with van der Waals surface area (Å²) in [7, 11) is 3.60. The third-order valence-corrected chi connectivity index (χ3v) is 6.47. The van der Waals surface area contributed by atoms with Crippen molar-refractivity contribution in [3.8, 4) is 5.75 Å². The van der Waals surface area contributed by atoms with Crippen LogP contribution >= 0.6 is 19.5 Å². The van der Waals surface area contributed by atoms with Crippen LogP contribution < -0.4 is 9.14 Å². The molecule has 0 saturated carbocycles. The van der Waals surface area contributed by atoms with E-state index in [1.54, 1.807) is 11.3 Å². The maximum Gasteiger partial charge on any atom is 0.131 e. The summed E-state index contributed by atoms with van der Waals surface area (Å²) in [5.41, 5.74) is 0. The van der Waals surface area contributed by atoms with Crippen molar-refractivity contribution in [3.63, 3.8) is 0 Å². The van der Waals surface area contributed by atoms with Crippen molar-refractivity contribution < 1.29 is 4.52 Å². The van der Waals surface area contributed by atoms with E-state index in [2.05, 4.69) is 92.6 Å². The van der Waals surface area contributed by atoms with Gasteiger partial charge in [0.2, 0.25) is 0 Å². The minimum atomic E-state index is -0.570. The Kier molecular flexibility index (Phi) is 7.71. The SMILES string of the molecule is CCCN(C)C.CP(Oc1cccc2ccccc12)c1cccs1. The second kappa shape index (κ2) is 9.78. The minimum absolute atomic E-state index is 0.570. The average molecular weight is 359 g/mol. The number of rotatable bonds is 5. The van der Waals surface area contributed by atoms with Gasteiger partial charge in [-0.1, -0.05) is 49.4 Å². The monoisotopic (exact) mass is 359 g/mol. The Hall–Kier alpha value is -1.41. The van der Waals surface area contributed by atoms with Crippen LogP contribution in [0.3, 0.4) is 0 Å². The lowest BCUT2D eigenvalue weighted by Gasteiger charge is -2.14. The maximum absolute atomic E-state index is 6.15. The molecule has 0 radical (unpaired) electrons. The highest BCUT2D eigenvalue weighted by atomic mass is 32.1. The fourth-order valence-electron chi connectivity index (χ4n) is 2.36. The summed E-state index contributed by atoms with van der Waals surface area (Å²) in [5, 5.41) is 4.51. The Bertz CT molecular complexity index is 722. The Morgan fingerprint density at radius 2 is 1.75 bits per heavy atom. The van der Waals surface area contributed by atoms with Crippen molar-refractivity contribution in [2.75, 3.05) is 27.3 Å². The van der Waals surface area contributed by atoms with Crippen LogP contribution in [0.2, 0.25) is 0 Å². The van der Waals surface area contributed by atoms with Gasteiger partial charge in [-0.3, -0.25) is 0 Å². The van der Waals surface area contributed by atoms with Crippen molar-refractivity contribution in [2.24, 2.45) is 0 Å². The molecule has 0 aliphatic heterocycles.